The molecule has 3 N–H and O–H groups in total. The van der Waals surface area contributed by atoms with Crippen molar-refractivity contribution in [3.05, 3.63) is 52.5 Å². The first-order chi connectivity index (χ1) is 13.8. The molecule has 2 aromatic carbocycles. The molecule has 0 bridgehead atoms. The molecule has 8 heteroatoms. The summed E-state index contributed by atoms with van der Waals surface area (Å²) in [5.41, 5.74) is 2.51. The van der Waals surface area contributed by atoms with Crippen LogP contribution in [0.25, 0.3) is 0 Å². The Morgan fingerprint density at radius 3 is 2.48 bits per heavy atom. The first-order valence-electron chi connectivity index (χ1n) is 9.20. The summed E-state index contributed by atoms with van der Waals surface area (Å²) in [6, 6.07) is 10.1. The van der Waals surface area contributed by atoms with Crippen LogP contribution in [0, 0.1) is 6.92 Å². The van der Waals surface area contributed by atoms with Crippen LogP contribution in [0.4, 0.5) is 5.69 Å². The number of carbonyl (C=O) groups is 2. The Labute approximate surface area is 175 Å². The average Bonchev–Trinajstić information content (AvgIpc) is 2.67. The normalized spacial score (nSPS) is 11.6. The molecule has 0 heterocycles. The molecule has 1 unspecified atom stereocenters. The van der Waals surface area contributed by atoms with Crippen LogP contribution in [0.2, 0.25) is 5.02 Å². The molecule has 0 spiro atoms. The van der Waals surface area contributed by atoms with Gasteiger partial charge in [0.1, 0.15) is 6.04 Å². The third-order valence-corrected chi connectivity index (χ3v) is 4.32. The lowest BCUT2D eigenvalue weighted by molar-refractivity contribution is -0.139. The predicted molar refractivity (Wildman–Crippen MR) is 112 cm³/mol. The second kappa shape index (κ2) is 10.7. The summed E-state index contributed by atoms with van der Waals surface area (Å²) < 4.78 is 11.2. The summed E-state index contributed by atoms with van der Waals surface area (Å²) in [6.45, 7) is 5.78. The van der Waals surface area contributed by atoms with E-state index in [0.717, 1.165) is 11.1 Å². The van der Waals surface area contributed by atoms with E-state index in [0.29, 0.717) is 24.6 Å². The number of hydrogen-bond donors (Lipinski definition) is 3. The SMILES string of the molecule is CCOc1cc(CNC(C)C(=O)O)cc(Cl)c1OCC(=O)Nc1ccc(C)cc1. The van der Waals surface area contributed by atoms with Crippen LogP contribution in [0.5, 0.6) is 11.5 Å². The molecular weight excluding hydrogens is 396 g/mol. The van der Waals surface area contributed by atoms with Crippen LogP contribution >= 0.6 is 11.6 Å². The Balaban J connectivity index is 2.05. The predicted octanol–water partition coefficient (Wildman–Crippen LogP) is 3.63. The van der Waals surface area contributed by atoms with Crippen molar-refractivity contribution in [3.63, 3.8) is 0 Å². The Bertz CT molecular complexity index is 855. The van der Waals surface area contributed by atoms with E-state index in [2.05, 4.69) is 10.6 Å². The Morgan fingerprint density at radius 2 is 1.86 bits per heavy atom. The minimum Gasteiger partial charge on any atom is -0.490 e. The third kappa shape index (κ3) is 6.96. The molecule has 0 aliphatic carbocycles. The van der Waals surface area contributed by atoms with Crippen molar-refractivity contribution in [1.29, 1.82) is 0 Å². The number of carbonyl (C=O) groups excluding carboxylic acids is 1. The maximum atomic E-state index is 12.2. The second-order valence-electron chi connectivity index (χ2n) is 6.48. The van der Waals surface area contributed by atoms with Gasteiger partial charge in [-0.25, -0.2) is 0 Å². The van der Waals surface area contributed by atoms with E-state index in [1.54, 1.807) is 19.1 Å². The molecule has 0 fully saturated rings. The molecule has 0 saturated heterocycles. The zero-order valence-corrected chi connectivity index (χ0v) is 17.4. The Kier molecular flexibility index (Phi) is 8.30. The molecule has 156 valence electrons. The average molecular weight is 421 g/mol. The second-order valence-corrected chi connectivity index (χ2v) is 6.89. The third-order valence-electron chi connectivity index (χ3n) is 4.03. The van der Waals surface area contributed by atoms with Crippen LogP contribution < -0.4 is 20.1 Å². The quantitative estimate of drug-likeness (QED) is 0.543. The molecule has 7 nitrogen and oxygen atoms in total. The number of aryl methyl sites for hydroxylation is 1. The monoisotopic (exact) mass is 420 g/mol. The molecular formula is C21H25ClN2O5. The molecule has 0 saturated carbocycles. The summed E-state index contributed by atoms with van der Waals surface area (Å²) in [5, 5.41) is 14.9. The molecule has 0 aliphatic heterocycles. The maximum Gasteiger partial charge on any atom is 0.320 e. The number of aliphatic carboxylic acids is 1. The van der Waals surface area contributed by atoms with Crippen LogP contribution in [0.1, 0.15) is 25.0 Å². The van der Waals surface area contributed by atoms with Crippen molar-refractivity contribution in [2.24, 2.45) is 0 Å². The van der Waals surface area contributed by atoms with E-state index in [-0.39, 0.29) is 23.3 Å². The molecule has 0 radical (unpaired) electrons. The van der Waals surface area contributed by atoms with Crippen LogP contribution in [-0.2, 0) is 16.1 Å². The summed E-state index contributed by atoms with van der Waals surface area (Å²) in [5.74, 6) is -0.611. The highest BCUT2D eigenvalue weighted by molar-refractivity contribution is 6.32. The minimum absolute atomic E-state index is 0.235. The lowest BCUT2D eigenvalue weighted by atomic mass is 10.2. The number of hydrogen-bond acceptors (Lipinski definition) is 5. The van der Waals surface area contributed by atoms with E-state index in [1.165, 1.54) is 0 Å². The highest BCUT2D eigenvalue weighted by Crippen LogP contribution is 2.36. The first-order valence-corrected chi connectivity index (χ1v) is 9.58. The first kappa shape index (κ1) is 22.5. The molecule has 1 amide bonds. The number of nitrogens with one attached hydrogen (secondary N) is 2. The topological polar surface area (TPSA) is 96.9 Å². The number of halogens is 1. The Morgan fingerprint density at radius 1 is 1.17 bits per heavy atom. The number of benzene rings is 2. The number of carboxylic acid groups (broad SMARTS) is 1. The van der Waals surface area contributed by atoms with Crippen LogP contribution in [-0.4, -0.2) is 36.2 Å². The highest BCUT2D eigenvalue weighted by Gasteiger charge is 2.16. The van der Waals surface area contributed by atoms with Crippen LogP contribution in [0.3, 0.4) is 0 Å². The lowest BCUT2D eigenvalue weighted by Gasteiger charge is -2.16. The van der Waals surface area contributed by atoms with E-state index < -0.39 is 12.0 Å². The molecule has 0 aliphatic rings. The van der Waals surface area contributed by atoms with Crippen molar-refractivity contribution in [2.45, 2.75) is 33.4 Å². The van der Waals surface area contributed by atoms with Gasteiger partial charge < -0.3 is 25.2 Å². The van der Waals surface area contributed by atoms with Crippen molar-refractivity contribution >= 4 is 29.2 Å². The fourth-order valence-corrected chi connectivity index (χ4v) is 2.74. The summed E-state index contributed by atoms with van der Waals surface area (Å²) in [7, 11) is 0. The van der Waals surface area contributed by atoms with Gasteiger partial charge in [-0.2, -0.15) is 0 Å². The lowest BCUT2D eigenvalue weighted by Crippen LogP contribution is -2.33. The zero-order chi connectivity index (χ0) is 21.4. The maximum absolute atomic E-state index is 12.2. The largest absolute Gasteiger partial charge is 0.490 e. The molecule has 29 heavy (non-hydrogen) atoms. The van der Waals surface area contributed by atoms with Gasteiger partial charge in [0.15, 0.2) is 18.1 Å². The number of carboxylic acids is 1. The number of rotatable bonds is 10. The minimum atomic E-state index is -0.944. The standard InChI is InChI=1S/C21H25ClN2O5/c1-4-28-18-10-15(11-23-14(3)21(26)27)9-17(22)20(18)29-12-19(25)24-16-7-5-13(2)6-8-16/h5-10,14,23H,4,11-12H2,1-3H3,(H,24,25)(H,26,27). The smallest absolute Gasteiger partial charge is 0.320 e. The van der Waals surface area contributed by atoms with Gasteiger partial charge in [-0.3, -0.25) is 9.59 Å². The summed E-state index contributed by atoms with van der Waals surface area (Å²) in [4.78, 5) is 23.1. The molecule has 2 aromatic rings. The Hall–Kier alpha value is -2.77. The van der Waals surface area contributed by atoms with Gasteiger partial charge in [0.2, 0.25) is 0 Å². The van der Waals surface area contributed by atoms with Gasteiger partial charge in [-0.1, -0.05) is 29.3 Å². The van der Waals surface area contributed by atoms with Gasteiger partial charge in [-0.05, 0) is 50.6 Å². The summed E-state index contributed by atoms with van der Waals surface area (Å²) >= 11 is 6.33. The number of amides is 1. The summed E-state index contributed by atoms with van der Waals surface area (Å²) in [6.07, 6.45) is 0. The van der Waals surface area contributed by atoms with Crippen molar-refractivity contribution in [3.8, 4) is 11.5 Å². The highest BCUT2D eigenvalue weighted by atomic mass is 35.5. The fourth-order valence-electron chi connectivity index (χ4n) is 2.46. The van der Waals surface area contributed by atoms with Gasteiger partial charge in [0.25, 0.3) is 5.91 Å². The van der Waals surface area contributed by atoms with Gasteiger partial charge in [-0.15, -0.1) is 0 Å². The van der Waals surface area contributed by atoms with E-state index >= 15 is 0 Å². The molecule has 1 atom stereocenters. The van der Waals surface area contributed by atoms with E-state index in [9.17, 15) is 9.59 Å². The number of anilines is 1. The van der Waals surface area contributed by atoms with Gasteiger partial charge in [0.05, 0.1) is 11.6 Å². The van der Waals surface area contributed by atoms with Crippen molar-refractivity contribution in [1.82, 2.24) is 5.32 Å². The van der Waals surface area contributed by atoms with E-state index in [4.69, 9.17) is 26.2 Å². The molecule has 0 aromatic heterocycles. The zero-order valence-electron chi connectivity index (χ0n) is 16.6. The van der Waals surface area contributed by atoms with Crippen molar-refractivity contribution in [2.75, 3.05) is 18.5 Å². The van der Waals surface area contributed by atoms with Crippen LogP contribution in [0.15, 0.2) is 36.4 Å². The van der Waals surface area contributed by atoms with E-state index in [1.807, 2.05) is 38.1 Å². The fraction of sp³-hybridized carbons (Fsp3) is 0.333. The number of ether oxygens (including phenoxy) is 2. The van der Waals surface area contributed by atoms with Gasteiger partial charge >= 0.3 is 5.97 Å². The van der Waals surface area contributed by atoms with Gasteiger partial charge in [0, 0.05) is 12.2 Å². The van der Waals surface area contributed by atoms with Crippen molar-refractivity contribution < 1.29 is 24.2 Å². The molecule has 2 rings (SSSR count).